The van der Waals surface area contributed by atoms with Crippen LogP contribution in [-0.4, -0.2) is 68.5 Å². The predicted molar refractivity (Wildman–Crippen MR) is 219 cm³/mol. The molecule has 0 aliphatic heterocycles. The van der Waals surface area contributed by atoms with Crippen molar-refractivity contribution in [2.45, 2.75) is 206 Å². The van der Waals surface area contributed by atoms with E-state index in [1.807, 2.05) is 27.2 Å². The third kappa shape index (κ3) is 37.3. The molecule has 0 aromatic carbocycles. The number of aliphatic hydroxyl groups is 1. The number of amides is 1. The number of likely N-dealkylation sites (N-methyl/N-ethyl adjacent to an activating group) is 1. The molecule has 0 bridgehead atoms. The average molecular weight is 757 g/mol. The number of carbonyl (C=O) groups excluding carboxylic acids is 1. The van der Waals surface area contributed by atoms with E-state index in [0.717, 1.165) is 38.5 Å². The second-order valence-corrected chi connectivity index (χ2v) is 17.5. The van der Waals surface area contributed by atoms with E-state index in [9.17, 15) is 19.4 Å². The molecule has 0 aromatic heterocycles. The summed E-state index contributed by atoms with van der Waals surface area (Å²) in [6.45, 7) is 4.61. The maximum atomic E-state index is 12.8. The lowest BCUT2D eigenvalue weighted by molar-refractivity contribution is -0.870. The minimum absolute atomic E-state index is 0.00126. The van der Waals surface area contributed by atoms with Crippen LogP contribution in [0, 0.1) is 0 Å². The van der Waals surface area contributed by atoms with Crippen LogP contribution in [0.1, 0.15) is 194 Å². The smallest absolute Gasteiger partial charge is 0.268 e. The normalized spacial score (nSPS) is 14.7. The molecule has 0 fully saturated rings. The summed E-state index contributed by atoms with van der Waals surface area (Å²) in [5.41, 5.74) is 0. The number of unbranched alkanes of at least 4 members (excludes halogenated alkanes) is 24. The molecule has 0 aromatic rings. The largest absolute Gasteiger partial charge is 0.756 e. The third-order valence-electron chi connectivity index (χ3n) is 9.66. The van der Waals surface area contributed by atoms with Crippen LogP contribution in [-0.2, 0) is 18.4 Å². The molecule has 0 aliphatic rings. The summed E-state index contributed by atoms with van der Waals surface area (Å²) in [7, 11) is 1.26. The fourth-order valence-corrected chi connectivity index (χ4v) is 6.87. The van der Waals surface area contributed by atoms with Crippen molar-refractivity contribution >= 4 is 13.7 Å². The summed E-state index contributed by atoms with van der Waals surface area (Å²) in [4.78, 5) is 25.2. The molecule has 9 heteroatoms. The van der Waals surface area contributed by atoms with Crippen LogP contribution in [0.4, 0.5) is 0 Å². The summed E-state index contributed by atoms with van der Waals surface area (Å²) < 4.78 is 23.1. The number of quaternary nitrogens is 1. The Bertz CT molecular complexity index is 907. The summed E-state index contributed by atoms with van der Waals surface area (Å²) >= 11 is 0. The number of allylic oxidation sites excluding steroid dienone is 3. The maximum absolute atomic E-state index is 12.8. The monoisotopic (exact) mass is 757 g/mol. The molecule has 0 heterocycles. The molecule has 8 nitrogen and oxygen atoms in total. The lowest BCUT2D eigenvalue weighted by Gasteiger charge is -2.29. The van der Waals surface area contributed by atoms with Crippen molar-refractivity contribution in [2.24, 2.45) is 0 Å². The highest BCUT2D eigenvalue weighted by Crippen LogP contribution is 2.38. The highest BCUT2D eigenvalue weighted by Gasteiger charge is 2.23. The number of rotatable bonds is 39. The summed E-state index contributed by atoms with van der Waals surface area (Å²) in [6.07, 6.45) is 40.9. The van der Waals surface area contributed by atoms with Gasteiger partial charge in [-0.05, 0) is 44.9 Å². The number of carbonyl (C=O) groups is 1. The molecule has 0 radical (unpaired) electrons. The Morgan fingerprint density at radius 1 is 0.654 bits per heavy atom. The number of hydrogen-bond acceptors (Lipinski definition) is 6. The van der Waals surface area contributed by atoms with Gasteiger partial charge in [0.2, 0.25) is 5.91 Å². The van der Waals surface area contributed by atoms with Gasteiger partial charge in [0.25, 0.3) is 7.82 Å². The summed E-state index contributed by atoms with van der Waals surface area (Å²) in [5, 5.41) is 13.7. The molecule has 2 N–H and O–H groups in total. The van der Waals surface area contributed by atoms with Crippen molar-refractivity contribution < 1.29 is 32.9 Å². The first-order valence-electron chi connectivity index (χ1n) is 21.7. The summed E-state index contributed by atoms with van der Waals surface area (Å²) in [6, 6.07) is -0.883. The van der Waals surface area contributed by atoms with Crippen molar-refractivity contribution in [3.8, 4) is 0 Å². The molecule has 0 rings (SSSR count). The molecular formula is C43H85N2O6P. The predicted octanol–water partition coefficient (Wildman–Crippen LogP) is 11.1. The van der Waals surface area contributed by atoms with E-state index in [2.05, 4.69) is 31.3 Å². The van der Waals surface area contributed by atoms with Gasteiger partial charge in [0.05, 0.1) is 39.9 Å². The van der Waals surface area contributed by atoms with E-state index < -0.39 is 20.0 Å². The van der Waals surface area contributed by atoms with Gasteiger partial charge in [-0.15, -0.1) is 0 Å². The molecule has 0 aliphatic carbocycles. The highest BCUT2D eigenvalue weighted by molar-refractivity contribution is 7.45. The Hall–Kier alpha value is -1.02. The first-order chi connectivity index (χ1) is 25.0. The number of nitrogens with one attached hydrogen (secondary N) is 1. The van der Waals surface area contributed by atoms with E-state index >= 15 is 0 Å². The lowest BCUT2D eigenvalue weighted by Crippen LogP contribution is -2.45. The number of hydrogen-bond donors (Lipinski definition) is 2. The molecule has 0 spiro atoms. The fraction of sp³-hybridized carbons (Fsp3) is 0.884. The first-order valence-corrected chi connectivity index (χ1v) is 23.2. The van der Waals surface area contributed by atoms with Gasteiger partial charge in [-0.2, -0.15) is 0 Å². The Balaban J connectivity index is 4.27. The van der Waals surface area contributed by atoms with E-state index in [0.29, 0.717) is 17.4 Å². The second kappa shape index (κ2) is 35.7. The van der Waals surface area contributed by atoms with Crippen LogP contribution in [0.5, 0.6) is 0 Å². The van der Waals surface area contributed by atoms with Crippen molar-refractivity contribution in [1.82, 2.24) is 5.32 Å². The Morgan fingerprint density at radius 3 is 1.50 bits per heavy atom. The van der Waals surface area contributed by atoms with Crippen molar-refractivity contribution in [1.29, 1.82) is 0 Å². The molecule has 308 valence electrons. The number of phosphoric acid groups is 1. The van der Waals surface area contributed by atoms with E-state index in [4.69, 9.17) is 9.05 Å². The van der Waals surface area contributed by atoms with E-state index in [1.165, 1.54) is 135 Å². The Kier molecular flexibility index (Phi) is 35.0. The standard InChI is InChI=1S/C43H85N2O6P/c1-6-8-10-12-14-16-17-18-19-20-21-22-23-24-25-26-27-29-31-33-35-37-43(47)44-41(40-51-52(48,49)50-39-38-45(3,4)5)42(46)36-34-32-30-28-15-13-11-9-7-2/h22-23,34,36,41-42,46H,6-21,24-33,35,37-40H2,1-5H3,(H-,44,47,48,49)/b23-22-,36-34+. The zero-order chi connectivity index (χ0) is 38.6. The summed E-state index contributed by atoms with van der Waals surface area (Å²) in [5.74, 6) is -0.204. The van der Waals surface area contributed by atoms with Crippen LogP contribution in [0.15, 0.2) is 24.3 Å². The van der Waals surface area contributed by atoms with Gasteiger partial charge in [0.1, 0.15) is 13.2 Å². The van der Waals surface area contributed by atoms with Crippen molar-refractivity contribution in [2.75, 3.05) is 40.9 Å². The molecule has 3 atom stereocenters. The van der Waals surface area contributed by atoms with Gasteiger partial charge in [-0.3, -0.25) is 9.36 Å². The lowest BCUT2D eigenvalue weighted by atomic mass is 10.1. The van der Waals surface area contributed by atoms with Crippen LogP contribution in [0.25, 0.3) is 0 Å². The van der Waals surface area contributed by atoms with E-state index in [-0.39, 0.29) is 19.1 Å². The molecular weight excluding hydrogens is 671 g/mol. The van der Waals surface area contributed by atoms with Crippen molar-refractivity contribution in [3.63, 3.8) is 0 Å². The van der Waals surface area contributed by atoms with Gasteiger partial charge in [-0.25, -0.2) is 0 Å². The van der Waals surface area contributed by atoms with Crippen LogP contribution >= 0.6 is 7.82 Å². The van der Waals surface area contributed by atoms with E-state index in [1.54, 1.807) is 6.08 Å². The van der Waals surface area contributed by atoms with Gasteiger partial charge in [-0.1, -0.05) is 167 Å². The number of phosphoric ester groups is 1. The molecule has 1 amide bonds. The SMILES string of the molecule is CCCCCCCCC/C=C/C(O)C(COP(=O)([O-])OCC[N+](C)(C)C)NC(=O)CCCCCCCCC/C=C\CCCCCCCCCCCC. The van der Waals surface area contributed by atoms with Gasteiger partial charge < -0.3 is 28.8 Å². The molecule has 0 saturated carbocycles. The topological polar surface area (TPSA) is 108 Å². The highest BCUT2D eigenvalue weighted by atomic mass is 31.2. The molecule has 52 heavy (non-hydrogen) atoms. The van der Waals surface area contributed by atoms with Gasteiger partial charge in [0.15, 0.2) is 0 Å². The minimum atomic E-state index is -4.58. The van der Waals surface area contributed by atoms with Gasteiger partial charge in [0, 0.05) is 6.42 Å². The molecule has 3 unspecified atom stereocenters. The number of aliphatic hydroxyl groups excluding tert-OH is 1. The van der Waals surface area contributed by atoms with Crippen LogP contribution in [0.2, 0.25) is 0 Å². The second-order valence-electron chi connectivity index (χ2n) is 16.0. The number of nitrogens with zero attached hydrogens (tertiary/aromatic N) is 1. The third-order valence-corrected chi connectivity index (χ3v) is 10.6. The zero-order valence-corrected chi connectivity index (χ0v) is 35.7. The molecule has 0 saturated heterocycles. The van der Waals surface area contributed by atoms with Crippen LogP contribution in [0.3, 0.4) is 0 Å². The maximum Gasteiger partial charge on any atom is 0.268 e. The first kappa shape index (κ1) is 51.0. The zero-order valence-electron chi connectivity index (χ0n) is 34.8. The Morgan fingerprint density at radius 2 is 1.06 bits per heavy atom. The quantitative estimate of drug-likeness (QED) is 0.0280. The Labute approximate surface area is 322 Å². The van der Waals surface area contributed by atoms with Crippen molar-refractivity contribution in [3.05, 3.63) is 24.3 Å². The fourth-order valence-electron chi connectivity index (χ4n) is 6.15. The average Bonchev–Trinajstić information content (AvgIpc) is 3.09. The van der Waals surface area contributed by atoms with Crippen LogP contribution < -0.4 is 10.2 Å². The minimum Gasteiger partial charge on any atom is -0.756 e. The van der Waals surface area contributed by atoms with Gasteiger partial charge >= 0.3 is 0 Å².